The van der Waals surface area contributed by atoms with E-state index < -0.39 is 4.92 Å². The van der Waals surface area contributed by atoms with Crippen LogP contribution in [-0.2, 0) is 0 Å². The zero-order valence-corrected chi connectivity index (χ0v) is 23.0. The van der Waals surface area contributed by atoms with E-state index in [0.29, 0.717) is 33.8 Å². The van der Waals surface area contributed by atoms with Crippen LogP contribution in [0.1, 0.15) is 11.3 Å². The third-order valence-corrected chi connectivity index (χ3v) is 7.35. The molecule has 0 fully saturated rings. The molecule has 0 aliphatic carbocycles. The van der Waals surface area contributed by atoms with E-state index >= 15 is 0 Å². The van der Waals surface area contributed by atoms with Crippen molar-refractivity contribution in [2.24, 2.45) is 5.10 Å². The number of ether oxygens (including phenoxy) is 1. The maximum atomic E-state index is 13.8. The normalized spacial score (nSPS) is 11.7. The van der Waals surface area contributed by atoms with Gasteiger partial charge in [-0.1, -0.05) is 36.4 Å². The van der Waals surface area contributed by atoms with Crippen LogP contribution in [0.25, 0.3) is 50.2 Å². The van der Waals surface area contributed by atoms with E-state index in [2.05, 4.69) is 10.1 Å². The van der Waals surface area contributed by atoms with Crippen LogP contribution in [0.2, 0.25) is 0 Å². The van der Waals surface area contributed by atoms with Crippen molar-refractivity contribution in [2.45, 2.75) is 6.92 Å². The van der Waals surface area contributed by atoms with Gasteiger partial charge < -0.3 is 9.15 Å². The number of furan rings is 1. The average Bonchev–Trinajstić information content (AvgIpc) is 3.59. The number of para-hydroxylation sites is 2. The first-order valence-corrected chi connectivity index (χ1v) is 13.3. The number of hydrogen-bond acceptors (Lipinski definition) is 8. The summed E-state index contributed by atoms with van der Waals surface area (Å²) in [5.41, 5.74) is 2.99. The molecule has 0 amide bonds. The van der Waals surface area contributed by atoms with Crippen LogP contribution < -0.4 is 10.3 Å². The van der Waals surface area contributed by atoms with Crippen molar-refractivity contribution in [1.29, 1.82) is 0 Å². The van der Waals surface area contributed by atoms with Crippen molar-refractivity contribution >= 4 is 44.7 Å². The Morgan fingerprint density at radius 2 is 1.77 bits per heavy atom. The lowest BCUT2D eigenvalue weighted by Crippen LogP contribution is -2.20. The molecule has 0 aliphatic heterocycles. The molecular weight excluding hydrogens is 548 g/mol. The highest BCUT2D eigenvalue weighted by molar-refractivity contribution is 6.02. The van der Waals surface area contributed by atoms with Gasteiger partial charge in [-0.25, -0.2) is 9.97 Å². The SMILES string of the molecule is COc1cccc2oc(-c3nc4ccccc4c(=O)n3N=Cc3c(C)n(-c4ccc([N+](=O)[O-])cn4)c4ccccc34)cc12. The largest absolute Gasteiger partial charge is 0.496 e. The molecule has 11 nitrogen and oxygen atoms in total. The molecule has 0 radical (unpaired) electrons. The number of fused-ring (bicyclic) bond motifs is 3. The number of rotatable bonds is 6. The molecule has 7 aromatic rings. The number of nitro groups is 1. The smallest absolute Gasteiger partial charge is 0.287 e. The van der Waals surface area contributed by atoms with Crippen LogP contribution in [-0.4, -0.2) is 37.5 Å². The first kappa shape index (κ1) is 25.8. The number of benzene rings is 3. The molecule has 43 heavy (non-hydrogen) atoms. The first-order valence-electron chi connectivity index (χ1n) is 13.3. The number of hydrogen-bond donors (Lipinski definition) is 0. The van der Waals surface area contributed by atoms with Gasteiger partial charge in [0.05, 0.1) is 40.1 Å². The highest BCUT2D eigenvalue weighted by atomic mass is 16.6. The number of aromatic nitrogens is 4. The summed E-state index contributed by atoms with van der Waals surface area (Å²) in [7, 11) is 1.58. The summed E-state index contributed by atoms with van der Waals surface area (Å²) in [6.07, 6.45) is 2.84. The van der Waals surface area contributed by atoms with Gasteiger partial charge in [-0.15, -0.1) is 0 Å². The van der Waals surface area contributed by atoms with Crippen molar-refractivity contribution in [3.8, 4) is 23.2 Å². The summed E-state index contributed by atoms with van der Waals surface area (Å²) in [5.74, 6) is 1.74. The molecule has 4 aromatic heterocycles. The van der Waals surface area contributed by atoms with Crippen LogP contribution in [0.4, 0.5) is 5.69 Å². The summed E-state index contributed by atoms with van der Waals surface area (Å²) >= 11 is 0. The Hall–Kier alpha value is -6.10. The van der Waals surface area contributed by atoms with E-state index in [1.807, 2.05) is 60.0 Å². The highest BCUT2D eigenvalue weighted by Gasteiger charge is 2.19. The lowest BCUT2D eigenvalue weighted by molar-refractivity contribution is -0.385. The van der Waals surface area contributed by atoms with Crippen molar-refractivity contribution in [1.82, 2.24) is 19.2 Å². The quantitative estimate of drug-likeness (QED) is 0.131. The molecule has 4 heterocycles. The van der Waals surface area contributed by atoms with Crippen molar-refractivity contribution < 1.29 is 14.1 Å². The van der Waals surface area contributed by atoms with Gasteiger partial charge in [0, 0.05) is 22.7 Å². The van der Waals surface area contributed by atoms with Gasteiger partial charge in [0.2, 0.25) is 5.82 Å². The minimum Gasteiger partial charge on any atom is -0.496 e. The summed E-state index contributed by atoms with van der Waals surface area (Å²) in [5, 5.41) is 17.9. The van der Waals surface area contributed by atoms with Gasteiger partial charge in [0.25, 0.3) is 11.2 Å². The molecule has 0 saturated carbocycles. The Bertz CT molecular complexity index is 2300. The van der Waals surface area contributed by atoms with Crippen LogP contribution >= 0.6 is 0 Å². The van der Waals surface area contributed by atoms with E-state index in [9.17, 15) is 14.9 Å². The minimum atomic E-state index is -0.486. The average molecular weight is 571 g/mol. The Balaban J connectivity index is 1.43. The Labute approximate surface area is 243 Å². The number of nitrogens with zero attached hydrogens (tertiary/aromatic N) is 6. The van der Waals surface area contributed by atoms with Crippen LogP contribution in [0, 0.1) is 17.0 Å². The van der Waals surface area contributed by atoms with Crippen molar-refractivity contribution in [3.05, 3.63) is 123 Å². The third kappa shape index (κ3) is 4.22. The molecule has 3 aromatic carbocycles. The van der Waals surface area contributed by atoms with Gasteiger partial charge in [-0.3, -0.25) is 19.5 Å². The Kier molecular flexibility index (Phi) is 6.05. The molecule has 7 rings (SSSR count). The topological polar surface area (TPSA) is 131 Å². The van der Waals surface area contributed by atoms with Crippen LogP contribution in [0.5, 0.6) is 5.75 Å². The monoisotopic (exact) mass is 570 g/mol. The lowest BCUT2D eigenvalue weighted by Gasteiger charge is -2.08. The van der Waals surface area contributed by atoms with E-state index in [0.717, 1.165) is 27.5 Å². The fourth-order valence-corrected chi connectivity index (χ4v) is 5.30. The minimum absolute atomic E-state index is 0.0985. The summed E-state index contributed by atoms with van der Waals surface area (Å²) in [4.78, 5) is 33.6. The fraction of sp³-hybridized carbons (Fsp3) is 0.0625. The molecule has 210 valence electrons. The lowest BCUT2D eigenvalue weighted by atomic mass is 10.1. The van der Waals surface area contributed by atoms with Gasteiger partial charge in [0.15, 0.2) is 5.76 Å². The molecule has 0 aliphatic rings. The molecule has 11 heteroatoms. The number of pyridine rings is 1. The molecule has 0 spiro atoms. The summed E-state index contributed by atoms with van der Waals surface area (Å²) in [6.45, 7) is 1.90. The highest BCUT2D eigenvalue weighted by Crippen LogP contribution is 2.33. The molecule has 0 bridgehead atoms. The third-order valence-electron chi connectivity index (χ3n) is 7.35. The van der Waals surface area contributed by atoms with E-state index in [1.165, 1.54) is 16.9 Å². The van der Waals surface area contributed by atoms with Crippen molar-refractivity contribution in [2.75, 3.05) is 7.11 Å². The Morgan fingerprint density at radius 3 is 2.53 bits per heavy atom. The van der Waals surface area contributed by atoms with Gasteiger partial charge >= 0.3 is 0 Å². The molecule has 0 N–H and O–H groups in total. The second-order valence-corrected chi connectivity index (χ2v) is 9.78. The second kappa shape index (κ2) is 10.1. The molecule has 0 saturated heterocycles. The summed E-state index contributed by atoms with van der Waals surface area (Å²) < 4.78 is 14.8. The fourth-order valence-electron chi connectivity index (χ4n) is 5.30. The van der Waals surface area contributed by atoms with E-state index in [-0.39, 0.29) is 17.1 Å². The maximum absolute atomic E-state index is 13.8. The van der Waals surface area contributed by atoms with Crippen molar-refractivity contribution in [3.63, 3.8) is 0 Å². The van der Waals surface area contributed by atoms with Gasteiger partial charge in [-0.2, -0.15) is 9.78 Å². The maximum Gasteiger partial charge on any atom is 0.287 e. The summed E-state index contributed by atoms with van der Waals surface area (Å²) in [6, 6.07) is 25.0. The van der Waals surface area contributed by atoms with Crippen LogP contribution in [0.15, 0.2) is 105 Å². The molecular formula is C32H22N6O5. The molecule has 0 atom stereocenters. The van der Waals surface area contributed by atoms with Crippen LogP contribution in [0.3, 0.4) is 0 Å². The standard InChI is InChI=1S/C32H22N6O5/c1-19-24(21-8-4-6-11-26(21)36(19)30-15-14-20(17-33-30)38(40)41)18-34-37-31(35-25-10-5-3-9-22(25)32(37)39)29-16-23-27(42-2)12-7-13-28(23)43-29/h3-18H,1-2H3. The zero-order valence-electron chi connectivity index (χ0n) is 23.0. The first-order chi connectivity index (χ1) is 20.9. The second-order valence-electron chi connectivity index (χ2n) is 9.78. The van der Waals surface area contributed by atoms with Gasteiger partial charge in [0.1, 0.15) is 23.3 Å². The predicted octanol–water partition coefficient (Wildman–Crippen LogP) is 6.26. The van der Waals surface area contributed by atoms with Gasteiger partial charge in [-0.05, 0) is 49.4 Å². The molecule has 0 unspecified atom stereocenters. The number of methoxy groups -OCH3 is 1. The predicted molar refractivity (Wildman–Crippen MR) is 163 cm³/mol. The van der Waals surface area contributed by atoms with E-state index in [1.54, 1.807) is 43.7 Å². The Morgan fingerprint density at radius 1 is 0.977 bits per heavy atom. The zero-order chi connectivity index (χ0) is 29.7. The van der Waals surface area contributed by atoms with E-state index in [4.69, 9.17) is 14.1 Å².